The zero-order valence-corrected chi connectivity index (χ0v) is 19.0. The van der Waals surface area contributed by atoms with Crippen LogP contribution >= 0.6 is 0 Å². The van der Waals surface area contributed by atoms with Crippen molar-refractivity contribution in [3.8, 4) is 11.5 Å². The summed E-state index contributed by atoms with van der Waals surface area (Å²) in [5, 5.41) is 4.03. The Morgan fingerprint density at radius 2 is 1.79 bits per heavy atom. The van der Waals surface area contributed by atoms with E-state index in [1.54, 1.807) is 24.1 Å². The first-order valence-electron chi connectivity index (χ1n) is 11.1. The van der Waals surface area contributed by atoms with Gasteiger partial charge in [-0.1, -0.05) is 60.7 Å². The first-order valence-corrected chi connectivity index (χ1v) is 11.1. The van der Waals surface area contributed by atoms with Gasteiger partial charge in [-0.15, -0.1) is 0 Å². The number of likely N-dealkylation sites (tertiary alicyclic amines) is 1. The highest BCUT2D eigenvalue weighted by Gasteiger charge is 2.31. The Morgan fingerprint density at radius 1 is 1.06 bits per heavy atom. The summed E-state index contributed by atoms with van der Waals surface area (Å²) >= 11 is 0. The molecule has 174 valence electrons. The highest BCUT2D eigenvalue weighted by Crippen LogP contribution is 2.29. The van der Waals surface area contributed by atoms with Crippen LogP contribution in [0.4, 0.5) is 0 Å². The summed E-state index contributed by atoms with van der Waals surface area (Å²) in [6.07, 6.45) is 1.94. The van der Waals surface area contributed by atoms with Gasteiger partial charge >= 0.3 is 0 Å². The topological polar surface area (TPSA) is 80.2 Å². The summed E-state index contributed by atoms with van der Waals surface area (Å²) in [6.45, 7) is 0.942. The number of benzene rings is 3. The molecule has 0 aliphatic carbocycles. The maximum Gasteiger partial charge on any atom is 0.259 e. The van der Waals surface area contributed by atoms with E-state index in [4.69, 9.17) is 9.47 Å². The smallest absolute Gasteiger partial charge is 0.259 e. The lowest BCUT2D eigenvalue weighted by Gasteiger charge is -2.15. The van der Waals surface area contributed by atoms with Crippen LogP contribution in [-0.2, 0) is 16.2 Å². The van der Waals surface area contributed by atoms with Crippen molar-refractivity contribution in [2.45, 2.75) is 18.9 Å². The van der Waals surface area contributed by atoms with Gasteiger partial charge in [-0.2, -0.15) is 5.10 Å². The molecule has 1 saturated heterocycles. The van der Waals surface area contributed by atoms with E-state index < -0.39 is 0 Å². The lowest BCUT2D eigenvalue weighted by Crippen LogP contribution is -2.36. The molecule has 0 unspecified atom stereocenters. The Kier molecular flexibility index (Phi) is 7.55. The van der Waals surface area contributed by atoms with Crippen LogP contribution in [0.1, 0.15) is 29.0 Å². The number of carbonyl (C=O) groups excluding carboxylic acids is 2. The minimum Gasteiger partial charge on any atom is -0.493 e. The van der Waals surface area contributed by atoms with Crippen molar-refractivity contribution < 1.29 is 19.1 Å². The van der Waals surface area contributed by atoms with Gasteiger partial charge in [0.25, 0.3) is 5.91 Å². The maximum absolute atomic E-state index is 12.3. The zero-order chi connectivity index (χ0) is 23.8. The van der Waals surface area contributed by atoms with Crippen LogP contribution < -0.4 is 14.9 Å². The molecule has 1 fully saturated rings. The monoisotopic (exact) mass is 457 g/mol. The number of hydrazone groups is 1. The van der Waals surface area contributed by atoms with E-state index in [0.29, 0.717) is 31.1 Å². The number of ether oxygens (including phenoxy) is 2. The third kappa shape index (κ3) is 6.01. The summed E-state index contributed by atoms with van der Waals surface area (Å²) < 4.78 is 11.3. The van der Waals surface area contributed by atoms with E-state index in [1.807, 2.05) is 66.7 Å². The minimum absolute atomic E-state index is 0.0188. The molecular formula is C27H27N3O4. The van der Waals surface area contributed by atoms with Crippen molar-refractivity contribution in [2.75, 3.05) is 20.2 Å². The average molecular weight is 458 g/mol. The number of carbonyl (C=O) groups is 2. The van der Waals surface area contributed by atoms with Gasteiger partial charge in [0.05, 0.1) is 13.3 Å². The Hall–Kier alpha value is -4.13. The van der Waals surface area contributed by atoms with Crippen molar-refractivity contribution in [1.29, 1.82) is 0 Å². The highest BCUT2D eigenvalue weighted by molar-refractivity contribution is 5.88. The van der Waals surface area contributed by atoms with Gasteiger partial charge in [-0.25, -0.2) is 5.43 Å². The first-order chi connectivity index (χ1) is 16.6. The SMILES string of the molecule is COc1cc(/C=N\NC(=O)CN2C[C@H](c3ccccc3)CC2=O)ccc1OCc1ccccc1. The quantitative estimate of drug-likeness (QED) is 0.392. The number of amides is 2. The summed E-state index contributed by atoms with van der Waals surface area (Å²) in [7, 11) is 1.57. The average Bonchev–Trinajstić information content (AvgIpc) is 3.24. The van der Waals surface area contributed by atoms with Gasteiger partial charge in [0.2, 0.25) is 5.91 Å². The van der Waals surface area contributed by atoms with Crippen LogP contribution in [0.5, 0.6) is 11.5 Å². The van der Waals surface area contributed by atoms with Gasteiger partial charge in [0, 0.05) is 18.9 Å². The molecule has 0 aromatic heterocycles. The Labute approximate surface area is 199 Å². The second-order valence-corrected chi connectivity index (χ2v) is 8.06. The number of nitrogens with zero attached hydrogens (tertiary/aromatic N) is 2. The third-order valence-electron chi connectivity index (χ3n) is 5.65. The first kappa shape index (κ1) is 23.0. The van der Waals surface area contributed by atoms with Crippen molar-refractivity contribution in [3.63, 3.8) is 0 Å². The van der Waals surface area contributed by atoms with E-state index >= 15 is 0 Å². The molecule has 1 aliphatic rings. The van der Waals surface area contributed by atoms with Crippen LogP contribution in [0.3, 0.4) is 0 Å². The van der Waals surface area contributed by atoms with Gasteiger partial charge in [-0.05, 0) is 34.9 Å². The van der Waals surface area contributed by atoms with Crippen molar-refractivity contribution in [2.24, 2.45) is 5.10 Å². The molecule has 7 heteroatoms. The predicted octanol–water partition coefficient (Wildman–Crippen LogP) is 3.74. The molecule has 1 aliphatic heterocycles. The summed E-state index contributed by atoms with van der Waals surface area (Å²) in [5.41, 5.74) is 5.41. The molecule has 0 radical (unpaired) electrons. The molecule has 34 heavy (non-hydrogen) atoms. The van der Waals surface area contributed by atoms with Crippen molar-refractivity contribution in [1.82, 2.24) is 10.3 Å². The molecule has 4 rings (SSSR count). The lowest BCUT2D eigenvalue weighted by atomic mass is 9.99. The summed E-state index contributed by atoms with van der Waals surface area (Å²) in [5.74, 6) is 0.936. The molecule has 1 N–H and O–H groups in total. The fourth-order valence-corrected chi connectivity index (χ4v) is 3.88. The van der Waals surface area contributed by atoms with Gasteiger partial charge in [0.1, 0.15) is 13.2 Å². The van der Waals surface area contributed by atoms with Crippen LogP contribution in [-0.4, -0.2) is 43.1 Å². The number of methoxy groups -OCH3 is 1. The molecule has 1 atom stereocenters. The van der Waals surface area contributed by atoms with E-state index in [0.717, 1.165) is 16.7 Å². The molecule has 1 heterocycles. The van der Waals surface area contributed by atoms with E-state index in [-0.39, 0.29) is 24.3 Å². The van der Waals surface area contributed by atoms with E-state index in [2.05, 4.69) is 10.5 Å². The minimum atomic E-state index is -0.340. The molecule has 0 saturated carbocycles. The predicted molar refractivity (Wildman–Crippen MR) is 130 cm³/mol. The second kappa shape index (κ2) is 11.1. The van der Waals surface area contributed by atoms with E-state index in [9.17, 15) is 9.59 Å². The highest BCUT2D eigenvalue weighted by atomic mass is 16.5. The summed E-state index contributed by atoms with van der Waals surface area (Å²) in [4.78, 5) is 26.2. The lowest BCUT2D eigenvalue weighted by molar-refractivity contribution is -0.133. The van der Waals surface area contributed by atoms with E-state index in [1.165, 1.54) is 6.21 Å². The maximum atomic E-state index is 12.3. The number of nitrogens with one attached hydrogen (secondary N) is 1. The molecule has 0 spiro atoms. The molecular weight excluding hydrogens is 430 g/mol. The molecule has 2 amide bonds. The van der Waals surface area contributed by atoms with Crippen molar-refractivity contribution >= 4 is 18.0 Å². The largest absolute Gasteiger partial charge is 0.493 e. The van der Waals surface area contributed by atoms with Crippen LogP contribution in [0, 0.1) is 0 Å². The van der Waals surface area contributed by atoms with Crippen LogP contribution in [0.2, 0.25) is 0 Å². The Bertz CT molecular complexity index is 1150. The molecule has 3 aromatic carbocycles. The molecule has 7 nitrogen and oxygen atoms in total. The Balaban J connectivity index is 1.28. The van der Waals surface area contributed by atoms with Crippen LogP contribution in [0.15, 0.2) is 84.0 Å². The third-order valence-corrected chi connectivity index (χ3v) is 5.65. The fraction of sp³-hybridized carbons (Fsp3) is 0.222. The normalized spacial score (nSPS) is 15.5. The molecule has 3 aromatic rings. The Morgan fingerprint density at radius 3 is 2.53 bits per heavy atom. The summed E-state index contributed by atoms with van der Waals surface area (Å²) in [6, 6.07) is 25.2. The van der Waals surface area contributed by atoms with Gasteiger partial charge in [-0.3, -0.25) is 9.59 Å². The van der Waals surface area contributed by atoms with Gasteiger partial charge < -0.3 is 14.4 Å². The number of rotatable bonds is 9. The second-order valence-electron chi connectivity index (χ2n) is 8.06. The van der Waals surface area contributed by atoms with Gasteiger partial charge in [0.15, 0.2) is 11.5 Å². The van der Waals surface area contributed by atoms with Crippen molar-refractivity contribution in [3.05, 3.63) is 95.6 Å². The number of hydrogen-bond donors (Lipinski definition) is 1. The molecule has 0 bridgehead atoms. The van der Waals surface area contributed by atoms with Crippen LogP contribution in [0.25, 0.3) is 0 Å². The zero-order valence-electron chi connectivity index (χ0n) is 19.0. The fourth-order valence-electron chi connectivity index (χ4n) is 3.88. The number of hydrogen-bond acceptors (Lipinski definition) is 5. The standard InChI is InChI=1S/C27H27N3O4/c1-33-25-14-21(12-13-24(25)34-19-20-8-4-2-5-9-20)16-28-29-26(31)18-30-17-23(15-27(30)32)22-10-6-3-7-11-22/h2-14,16,23H,15,17-19H2,1H3,(H,29,31)/b28-16-/t23-/m1/s1.